The van der Waals surface area contributed by atoms with Crippen LogP contribution in [0.25, 0.3) is 0 Å². The Balaban J connectivity index is 6.67. The second kappa shape index (κ2) is 94.4. The van der Waals surface area contributed by atoms with Crippen LogP contribution in [0.2, 0.25) is 0 Å². The first-order valence-corrected chi connectivity index (χ1v) is 54.5. The number of carbonyl (C=O) groups excluding carboxylic acids is 8. The van der Waals surface area contributed by atoms with Crippen LogP contribution < -0.4 is 0 Å². The van der Waals surface area contributed by atoms with Gasteiger partial charge in [-0.05, 0) is 154 Å². The molecule has 0 aliphatic rings. The maximum atomic E-state index is 14.0. The van der Waals surface area contributed by atoms with Crippen LogP contribution in [0.3, 0.4) is 0 Å². The van der Waals surface area contributed by atoms with E-state index in [1.165, 1.54) is 180 Å². The van der Waals surface area contributed by atoms with Gasteiger partial charge in [-0.1, -0.05) is 389 Å². The minimum atomic E-state index is -1.39. The van der Waals surface area contributed by atoms with Crippen LogP contribution >= 0.6 is 0 Å². The molecule has 0 aromatic rings. The summed E-state index contributed by atoms with van der Waals surface area (Å²) in [6.07, 6.45) is 81.7. The SMILES string of the molecule is CCCCCCCCCC(CCCCCCCC(=O)OCC(COC(=O)CCCCCCCC(CCCCCCCCC)OC(=O)CCCCCCC)(COC(=O)CCCCCCCC(CCCCCCCCC)OC(=O)CCCCCCC)COC(=O)CCCCCCCC(CCCCCCCCC)OC(=O)CCCCCCC)OC(=O)CCCCCCC. The van der Waals surface area contributed by atoms with Crippen molar-refractivity contribution in [3.05, 3.63) is 0 Å². The first kappa shape index (κ1) is 121. The molecule has 0 rings (SSSR count). The van der Waals surface area contributed by atoms with Crippen molar-refractivity contribution in [3.63, 3.8) is 0 Å². The smallest absolute Gasteiger partial charge is 0.306 e. The zero-order chi connectivity index (χ0) is 91.3. The van der Waals surface area contributed by atoms with E-state index in [1.807, 2.05) is 0 Å². The van der Waals surface area contributed by atoms with E-state index >= 15 is 0 Å². The second-order valence-electron chi connectivity index (χ2n) is 38.1. The Morgan fingerprint density at radius 2 is 0.264 bits per heavy atom. The Kier molecular flexibility index (Phi) is 91.2. The standard InChI is InChI=1S/C109H204O16/c1-9-17-25-33-37-49-61-77-97(122-105(114)89-73-45-29-21-13-5)81-65-53-41-57-69-85-101(110)118-93-109(94-119-102(111)86-70-58-42-54-66-82-98(78-62-50-38-34-26-18-10-2)123-106(115)90-74-46-30-22-14-6,95-120-103(112)87-71-59-43-55-67-83-99(79-63-51-39-35-27-19-11-3)124-107(116)91-75-47-31-23-15-7)96-121-104(113)88-72-60-44-56-68-84-100(80-64-52-40-36-28-20-12-4)125-108(117)92-76-48-32-24-16-8/h97-100H,9-96H2,1-8H3. The van der Waals surface area contributed by atoms with E-state index in [0.29, 0.717) is 51.4 Å². The fourth-order valence-electron chi connectivity index (χ4n) is 17.0. The minimum absolute atomic E-state index is 0.0718. The molecule has 0 heterocycles. The third-order valence-corrected chi connectivity index (χ3v) is 25.4. The normalized spacial score (nSPS) is 12.9. The summed E-state index contributed by atoms with van der Waals surface area (Å²) in [5.41, 5.74) is -1.39. The molecule has 0 amide bonds. The summed E-state index contributed by atoms with van der Waals surface area (Å²) in [5, 5.41) is 0. The minimum Gasteiger partial charge on any atom is -0.465 e. The fraction of sp³-hybridized carbons (Fsp3) is 0.927. The molecule has 0 aliphatic heterocycles. The highest BCUT2D eigenvalue weighted by Crippen LogP contribution is 2.28. The van der Waals surface area contributed by atoms with Gasteiger partial charge in [-0.15, -0.1) is 0 Å². The summed E-state index contributed by atoms with van der Waals surface area (Å²) < 4.78 is 49.0. The molecule has 0 fully saturated rings. The highest BCUT2D eigenvalue weighted by atomic mass is 16.6. The average molecular weight is 1770 g/mol. The van der Waals surface area contributed by atoms with Gasteiger partial charge in [0, 0.05) is 51.4 Å². The molecular weight excluding hydrogens is 1570 g/mol. The molecule has 0 radical (unpaired) electrons. The van der Waals surface area contributed by atoms with E-state index < -0.39 is 29.3 Å². The summed E-state index contributed by atoms with van der Waals surface area (Å²) in [5.74, 6) is -2.04. The number of hydrogen-bond donors (Lipinski definition) is 0. The van der Waals surface area contributed by atoms with Crippen LogP contribution in [0, 0.1) is 5.41 Å². The van der Waals surface area contributed by atoms with Crippen LogP contribution in [0.1, 0.15) is 595 Å². The van der Waals surface area contributed by atoms with E-state index in [0.717, 1.165) is 283 Å². The Hall–Kier alpha value is -4.24. The van der Waals surface area contributed by atoms with E-state index in [4.69, 9.17) is 37.9 Å². The number of hydrogen-bond acceptors (Lipinski definition) is 16. The van der Waals surface area contributed by atoms with Crippen LogP contribution in [-0.4, -0.2) is 98.6 Å². The van der Waals surface area contributed by atoms with Gasteiger partial charge in [0.05, 0.1) is 0 Å². The number of carbonyl (C=O) groups is 8. The average Bonchev–Trinajstić information content (AvgIpc) is 0.850. The van der Waals surface area contributed by atoms with Crippen molar-refractivity contribution >= 4 is 47.8 Å². The molecule has 736 valence electrons. The van der Waals surface area contributed by atoms with Gasteiger partial charge >= 0.3 is 47.8 Å². The lowest BCUT2D eigenvalue weighted by molar-refractivity contribution is -0.171. The Labute approximate surface area is 770 Å². The number of ether oxygens (including phenoxy) is 8. The Bertz CT molecular complexity index is 2090. The molecule has 16 heteroatoms. The van der Waals surface area contributed by atoms with E-state index in [-0.39, 0.29) is 100 Å². The predicted molar refractivity (Wildman–Crippen MR) is 519 cm³/mol. The van der Waals surface area contributed by atoms with Gasteiger partial charge in [0.2, 0.25) is 0 Å². The fourth-order valence-corrected chi connectivity index (χ4v) is 17.0. The van der Waals surface area contributed by atoms with Gasteiger partial charge in [0.1, 0.15) is 56.3 Å². The van der Waals surface area contributed by atoms with Crippen molar-refractivity contribution in [2.24, 2.45) is 5.41 Å². The molecule has 0 aromatic heterocycles. The van der Waals surface area contributed by atoms with Crippen LogP contribution in [-0.2, 0) is 76.3 Å². The van der Waals surface area contributed by atoms with E-state index in [9.17, 15) is 38.4 Å². The van der Waals surface area contributed by atoms with E-state index in [1.54, 1.807) is 0 Å². The molecule has 4 unspecified atom stereocenters. The van der Waals surface area contributed by atoms with Gasteiger partial charge in [-0.2, -0.15) is 0 Å². The van der Waals surface area contributed by atoms with Gasteiger partial charge in [0.25, 0.3) is 0 Å². The molecule has 0 N–H and O–H groups in total. The molecular formula is C109H204O16. The summed E-state index contributed by atoms with van der Waals surface area (Å²) in [6, 6.07) is 0. The Morgan fingerprint density at radius 3 is 0.400 bits per heavy atom. The van der Waals surface area contributed by atoms with Crippen LogP contribution in [0.4, 0.5) is 0 Å². The number of unbranched alkanes of at least 4 members (excludes halogenated alkanes) is 56. The predicted octanol–water partition coefficient (Wildman–Crippen LogP) is 32.7. The zero-order valence-corrected chi connectivity index (χ0v) is 83.6. The molecule has 0 aromatic carbocycles. The maximum Gasteiger partial charge on any atom is 0.306 e. The lowest BCUT2D eigenvalue weighted by atomic mass is 9.92. The summed E-state index contributed by atoms with van der Waals surface area (Å²) in [6.45, 7) is 16.6. The number of rotatable bonds is 100. The van der Waals surface area contributed by atoms with Gasteiger partial charge in [-0.25, -0.2) is 0 Å². The molecule has 0 saturated heterocycles. The van der Waals surface area contributed by atoms with Crippen molar-refractivity contribution in [3.8, 4) is 0 Å². The zero-order valence-electron chi connectivity index (χ0n) is 83.6. The summed E-state index contributed by atoms with van der Waals surface area (Å²) >= 11 is 0. The molecule has 0 spiro atoms. The monoisotopic (exact) mass is 1770 g/mol. The first-order valence-electron chi connectivity index (χ1n) is 54.5. The molecule has 0 bridgehead atoms. The molecule has 125 heavy (non-hydrogen) atoms. The summed E-state index contributed by atoms with van der Waals surface area (Å²) in [7, 11) is 0. The first-order chi connectivity index (χ1) is 61.1. The lowest BCUT2D eigenvalue weighted by Crippen LogP contribution is -2.44. The van der Waals surface area contributed by atoms with Gasteiger partial charge in [-0.3, -0.25) is 38.4 Å². The topological polar surface area (TPSA) is 210 Å². The third-order valence-electron chi connectivity index (χ3n) is 25.4. The highest BCUT2D eigenvalue weighted by Gasteiger charge is 2.38. The van der Waals surface area contributed by atoms with E-state index in [2.05, 4.69) is 55.4 Å². The van der Waals surface area contributed by atoms with Crippen LogP contribution in [0.15, 0.2) is 0 Å². The van der Waals surface area contributed by atoms with Crippen molar-refractivity contribution in [1.82, 2.24) is 0 Å². The quantitative estimate of drug-likeness (QED) is 0.0315. The summed E-state index contributed by atoms with van der Waals surface area (Å²) in [4.78, 5) is 108. The van der Waals surface area contributed by atoms with Crippen LogP contribution in [0.5, 0.6) is 0 Å². The molecule has 0 aliphatic carbocycles. The third kappa shape index (κ3) is 85.0. The van der Waals surface area contributed by atoms with Crippen molar-refractivity contribution < 1.29 is 76.3 Å². The molecule has 0 saturated carbocycles. The molecule has 16 nitrogen and oxygen atoms in total. The highest BCUT2D eigenvalue weighted by molar-refractivity contribution is 5.72. The van der Waals surface area contributed by atoms with Gasteiger partial charge in [0.15, 0.2) is 0 Å². The second-order valence-corrected chi connectivity index (χ2v) is 38.1. The lowest BCUT2D eigenvalue weighted by Gasteiger charge is -2.31. The largest absolute Gasteiger partial charge is 0.465 e. The Morgan fingerprint density at radius 1 is 0.152 bits per heavy atom. The number of esters is 8. The maximum absolute atomic E-state index is 14.0. The van der Waals surface area contributed by atoms with Crippen molar-refractivity contribution in [2.75, 3.05) is 26.4 Å². The molecule has 4 atom stereocenters. The van der Waals surface area contributed by atoms with Crippen molar-refractivity contribution in [1.29, 1.82) is 0 Å². The van der Waals surface area contributed by atoms with Gasteiger partial charge < -0.3 is 37.9 Å². The van der Waals surface area contributed by atoms with Crippen molar-refractivity contribution in [2.45, 2.75) is 619 Å².